The lowest BCUT2D eigenvalue weighted by atomic mass is 10.1. The van der Waals surface area contributed by atoms with Crippen molar-refractivity contribution in [2.75, 3.05) is 6.61 Å². The van der Waals surface area contributed by atoms with E-state index < -0.39 is 30.3 Å². The molecule has 0 bridgehead atoms. The fraction of sp³-hybridized carbons (Fsp3) is 0.727. The molecule has 0 aromatic heterocycles. The lowest BCUT2D eigenvalue weighted by Gasteiger charge is -2.13. The fourth-order valence-corrected chi connectivity index (χ4v) is 1.81. The molecule has 0 aliphatic carbocycles. The topological polar surface area (TPSA) is 113 Å². The third-order valence-electron chi connectivity index (χ3n) is 2.73. The molecule has 1 amide bonds. The van der Waals surface area contributed by atoms with E-state index in [4.69, 9.17) is 14.9 Å². The Kier molecular flexibility index (Phi) is 5.57. The van der Waals surface area contributed by atoms with Gasteiger partial charge in [-0.25, -0.2) is 4.79 Å². The van der Waals surface area contributed by atoms with Crippen LogP contribution in [0.25, 0.3) is 0 Å². The summed E-state index contributed by atoms with van der Waals surface area (Å²) in [4.78, 5) is 32.6. The molecule has 0 aromatic rings. The second-order valence-electron chi connectivity index (χ2n) is 4.23. The van der Waals surface area contributed by atoms with Crippen LogP contribution < -0.4 is 5.32 Å². The van der Waals surface area contributed by atoms with Crippen LogP contribution in [0.1, 0.15) is 32.1 Å². The van der Waals surface area contributed by atoms with Gasteiger partial charge in [0.2, 0.25) is 5.91 Å². The predicted molar refractivity (Wildman–Crippen MR) is 60.0 cm³/mol. The maximum Gasteiger partial charge on any atom is 0.326 e. The summed E-state index contributed by atoms with van der Waals surface area (Å²) >= 11 is 0. The molecule has 1 saturated heterocycles. The van der Waals surface area contributed by atoms with Gasteiger partial charge in [-0.2, -0.15) is 0 Å². The van der Waals surface area contributed by atoms with Crippen LogP contribution in [0.5, 0.6) is 0 Å². The van der Waals surface area contributed by atoms with Crippen molar-refractivity contribution in [3.8, 4) is 0 Å². The molecular weight excluding hydrogens is 242 g/mol. The fourth-order valence-electron chi connectivity index (χ4n) is 1.81. The Balaban J connectivity index is 2.31. The molecule has 102 valence electrons. The monoisotopic (exact) mass is 259 g/mol. The quantitative estimate of drug-likeness (QED) is 0.592. The number of hydrogen-bond acceptors (Lipinski definition) is 4. The molecule has 2 atom stereocenters. The van der Waals surface area contributed by atoms with Crippen LogP contribution in [0.2, 0.25) is 0 Å². The Labute approximate surface area is 104 Å². The van der Waals surface area contributed by atoms with Crippen molar-refractivity contribution >= 4 is 17.8 Å². The van der Waals surface area contributed by atoms with E-state index in [9.17, 15) is 14.4 Å². The van der Waals surface area contributed by atoms with Crippen LogP contribution in [0.15, 0.2) is 0 Å². The zero-order valence-corrected chi connectivity index (χ0v) is 9.92. The predicted octanol–water partition coefficient (Wildman–Crippen LogP) is -0.0103. The van der Waals surface area contributed by atoms with Crippen molar-refractivity contribution in [3.63, 3.8) is 0 Å². The van der Waals surface area contributed by atoms with Gasteiger partial charge in [-0.15, -0.1) is 0 Å². The van der Waals surface area contributed by atoms with Crippen LogP contribution in [0.3, 0.4) is 0 Å². The normalized spacial score (nSPS) is 20.3. The number of aliphatic carboxylic acids is 2. The Morgan fingerprint density at radius 3 is 2.56 bits per heavy atom. The summed E-state index contributed by atoms with van der Waals surface area (Å²) in [5.74, 6) is -3.07. The molecule has 1 aliphatic rings. The molecule has 0 spiro atoms. The molecule has 0 aromatic carbocycles. The van der Waals surface area contributed by atoms with Crippen LogP contribution in [0.4, 0.5) is 0 Å². The average molecular weight is 259 g/mol. The molecule has 1 rings (SSSR count). The second kappa shape index (κ2) is 6.95. The third kappa shape index (κ3) is 5.13. The van der Waals surface area contributed by atoms with Crippen LogP contribution >= 0.6 is 0 Å². The Bertz CT molecular complexity index is 323. The molecule has 1 heterocycles. The highest BCUT2D eigenvalue weighted by Crippen LogP contribution is 2.16. The molecule has 0 radical (unpaired) electrons. The van der Waals surface area contributed by atoms with Crippen molar-refractivity contribution < 1.29 is 29.3 Å². The highest BCUT2D eigenvalue weighted by atomic mass is 16.5. The van der Waals surface area contributed by atoms with E-state index in [1.54, 1.807) is 0 Å². The van der Waals surface area contributed by atoms with Gasteiger partial charge in [-0.1, -0.05) is 0 Å². The lowest BCUT2D eigenvalue weighted by Crippen LogP contribution is -2.42. The number of ether oxygens (including phenoxy) is 1. The van der Waals surface area contributed by atoms with Gasteiger partial charge in [0.15, 0.2) is 0 Å². The van der Waals surface area contributed by atoms with Crippen molar-refractivity contribution in [2.24, 2.45) is 0 Å². The smallest absolute Gasteiger partial charge is 0.326 e. The maximum absolute atomic E-state index is 11.5. The summed E-state index contributed by atoms with van der Waals surface area (Å²) in [5.41, 5.74) is 0. The third-order valence-corrected chi connectivity index (χ3v) is 2.73. The summed E-state index contributed by atoms with van der Waals surface area (Å²) in [7, 11) is 0. The lowest BCUT2D eigenvalue weighted by molar-refractivity contribution is -0.147. The number of carboxylic acid groups (broad SMARTS) is 2. The molecule has 1 unspecified atom stereocenters. The SMILES string of the molecule is O=C(O)C[C@H](NC(=O)CCC1CCCO1)C(=O)O. The molecule has 7 nitrogen and oxygen atoms in total. The highest BCUT2D eigenvalue weighted by molar-refractivity contribution is 5.86. The van der Waals surface area contributed by atoms with Gasteiger partial charge in [0.1, 0.15) is 6.04 Å². The zero-order chi connectivity index (χ0) is 13.5. The Morgan fingerprint density at radius 1 is 1.33 bits per heavy atom. The van der Waals surface area contributed by atoms with E-state index in [2.05, 4.69) is 5.32 Å². The summed E-state index contributed by atoms with van der Waals surface area (Å²) in [5, 5.41) is 19.5. The molecule has 3 N–H and O–H groups in total. The van der Waals surface area contributed by atoms with E-state index in [0.29, 0.717) is 13.0 Å². The number of rotatable bonds is 7. The number of carbonyl (C=O) groups excluding carboxylic acids is 1. The van der Waals surface area contributed by atoms with Gasteiger partial charge in [-0.3, -0.25) is 9.59 Å². The minimum absolute atomic E-state index is 0.0542. The molecule has 1 fully saturated rings. The number of nitrogens with one attached hydrogen (secondary N) is 1. The molecule has 1 aliphatic heterocycles. The number of carboxylic acids is 2. The van der Waals surface area contributed by atoms with E-state index in [-0.39, 0.29) is 12.5 Å². The van der Waals surface area contributed by atoms with E-state index in [1.807, 2.05) is 0 Å². The van der Waals surface area contributed by atoms with Gasteiger partial charge >= 0.3 is 11.9 Å². The van der Waals surface area contributed by atoms with Gasteiger partial charge in [0.25, 0.3) is 0 Å². The first-order valence-corrected chi connectivity index (χ1v) is 5.84. The molecule has 0 saturated carbocycles. The number of amides is 1. The minimum atomic E-state index is -1.38. The molecule has 7 heteroatoms. The largest absolute Gasteiger partial charge is 0.481 e. The van der Waals surface area contributed by atoms with Gasteiger partial charge < -0.3 is 20.3 Å². The van der Waals surface area contributed by atoms with Gasteiger partial charge in [0.05, 0.1) is 12.5 Å². The summed E-state index contributed by atoms with van der Waals surface area (Å²) in [6.07, 6.45) is 1.99. The van der Waals surface area contributed by atoms with Gasteiger partial charge in [0, 0.05) is 13.0 Å². The zero-order valence-electron chi connectivity index (χ0n) is 9.92. The number of hydrogen-bond donors (Lipinski definition) is 3. The van der Waals surface area contributed by atoms with Crippen molar-refractivity contribution in [1.82, 2.24) is 5.32 Å². The van der Waals surface area contributed by atoms with Crippen LogP contribution in [-0.2, 0) is 19.1 Å². The first-order valence-electron chi connectivity index (χ1n) is 5.84. The van der Waals surface area contributed by atoms with Crippen molar-refractivity contribution in [3.05, 3.63) is 0 Å². The van der Waals surface area contributed by atoms with E-state index >= 15 is 0 Å². The van der Waals surface area contributed by atoms with Crippen LogP contribution in [0, 0.1) is 0 Å². The number of carbonyl (C=O) groups is 3. The van der Waals surface area contributed by atoms with Crippen LogP contribution in [-0.4, -0.2) is 46.8 Å². The molecule has 18 heavy (non-hydrogen) atoms. The second-order valence-corrected chi connectivity index (χ2v) is 4.23. The maximum atomic E-state index is 11.5. The summed E-state index contributed by atoms with van der Waals surface area (Å²) in [6, 6.07) is -1.38. The summed E-state index contributed by atoms with van der Waals surface area (Å²) in [6.45, 7) is 0.697. The molecular formula is C11H17NO6. The first kappa shape index (κ1) is 14.4. The van der Waals surface area contributed by atoms with Crippen molar-refractivity contribution in [1.29, 1.82) is 0 Å². The Hall–Kier alpha value is -1.63. The minimum Gasteiger partial charge on any atom is -0.481 e. The average Bonchev–Trinajstić information content (AvgIpc) is 2.77. The highest BCUT2D eigenvalue weighted by Gasteiger charge is 2.23. The van der Waals surface area contributed by atoms with E-state index in [1.165, 1.54) is 0 Å². The van der Waals surface area contributed by atoms with Gasteiger partial charge in [-0.05, 0) is 19.3 Å². The first-order chi connectivity index (χ1) is 8.49. The van der Waals surface area contributed by atoms with E-state index in [0.717, 1.165) is 12.8 Å². The standard InChI is InChI=1S/C11H17NO6/c13-9(4-3-7-2-1-5-18-7)12-8(11(16)17)6-10(14)15/h7-8H,1-6H2,(H,12,13)(H,14,15)(H,16,17)/t7?,8-/m0/s1. The summed E-state index contributed by atoms with van der Waals surface area (Å²) < 4.78 is 5.33. The van der Waals surface area contributed by atoms with Crippen molar-refractivity contribution in [2.45, 2.75) is 44.2 Å². The Morgan fingerprint density at radius 2 is 2.06 bits per heavy atom.